The van der Waals surface area contributed by atoms with Gasteiger partial charge in [-0.3, -0.25) is 9.69 Å². The lowest BCUT2D eigenvalue weighted by Gasteiger charge is -2.26. The molecule has 25 heavy (non-hydrogen) atoms. The van der Waals surface area contributed by atoms with Crippen molar-refractivity contribution in [3.8, 4) is 0 Å². The van der Waals surface area contributed by atoms with Crippen LogP contribution in [0.5, 0.6) is 0 Å². The number of nitrogens with one attached hydrogen (secondary N) is 2. The third kappa shape index (κ3) is 10.0. The number of amides is 1. The molecule has 0 atom stereocenters. The quantitative estimate of drug-likeness (QED) is 0.634. The number of piperidine rings is 1. The molecule has 1 aliphatic heterocycles. The molecule has 0 spiro atoms. The molecule has 1 saturated heterocycles. The fourth-order valence-corrected chi connectivity index (χ4v) is 2.78. The first-order valence-corrected chi connectivity index (χ1v) is 8.54. The molecule has 1 fully saturated rings. The van der Waals surface area contributed by atoms with Crippen LogP contribution in [0.2, 0.25) is 0 Å². The van der Waals surface area contributed by atoms with E-state index < -0.39 is 0 Å². The minimum atomic E-state index is 0. The van der Waals surface area contributed by atoms with Crippen LogP contribution >= 0.6 is 24.8 Å². The van der Waals surface area contributed by atoms with Crippen LogP contribution in [-0.4, -0.2) is 50.7 Å². The van der Waals surface area contributed by atoms with Crippen molar-refractivity contribution < 1.29 is 9.53 Å². The first-order chi connectivity index (χ1) is 11.3. The molecule has 1 aromatic carbocycles. The van der Waals surface area contributed by atoms with Crippen molar-refractivity contribution in [2.75, 3.05) is 39.9 Å². The molecule has 1 heterocycles. The number of likely N-dealkylation sites (tertiary alicyclic amines) is 1. The molecule has 0 aromatic heterocycles. The summed E-state index contributed by atoms with van der Waals surface area (Å²) in [5.74, 6) is 0.0125. The molecule has 0 aliphatic carbocycles. The van der Waals surface area contributed by atoms with Gasteiger partial charge in [-0.1, -0.05) is 30.7 Å². The first-order valence-electron chi connectivity index (χ1n) is 8.54. The number of rotatable bonds is 9. The SMILES string of the molecule is COCCNCC(=O)NCc1ccc(CN2CCCCC2)cc1.Cl.Cl. The van der Waals surface area contributed by atoms with Crippen LogP contribution in [0, 0.1) is 0 Å². The summed E-state index contributed by atoms with van der Waals surface area (Å²) in [5, 5.41) is 5.96. The largest absolute Gasteiger partial charge is 0.383 e. The molecule has 7 heteroatoms. The van der Waals surface area contributed by atoms with Gasteiger partial charge in [0.2, 0.25) is 5.91 Å². The highest BCUT2D eigenvalue weighted by Gasteiger charge is 2.10. The average Bonchev–Trinajstić information content (AvgIpc) is 2.59. The summed E-state index contributed by atoms with van der Waals surface area (Å²) in [5.41, 5.74) is 2.49. The van der Waals surface area contributed by atoms with E-state index in [9.17, 15) is 4.79 Å². The van der Waals surface area contributed by atoms with Crippen molar-refractivity contribution in [3.05, 3.63) is 35.4 Å². The van der Waals surface area contributed by atoms with Gasteiger partial charge in [-0.15, -0.1) is 24.8 Å². The number of hydrogen-bond acceptors (Lipinski definition) is 4. The van der Waals surface area contributed by atoms with Crippen LogP contribution in [0.25, 0.3) is 0 Å². The number of benzene rings is 1. The van der Waals surface area contributed by atoms with E-state index in [-0.39, 0.29) is 30.7 Å². The van der Waals surface area contributed by atoms with Crippen LogP contribution < -0.4 is 10.6 Å². The number of methoxy groups -OCH3 is 1. The Morgan fingerprint density at radius 2 is 1.72 bits per heavy atom. The Bertz CT molecular complexity index is 466. The van der Waals surface area contributed by atoms with E-state index in [4.69, 9.17) is 4.74 Å². The molecular formula is C18H31Cl2N3O2. The highest BCUT2D eigenvalue weighted by Crippen LogP contribution is 2.13. The predicted molar refractivity (Wildman–Crippen MR) is 107 cm³/mol. The Morgan fingerprint density at radius 1 is 1.08 bits per heavy atom. The molecule has 2 N–H and O–H groups in total. The molecule has 0 radical (unpaired) electrons. The molecule has 0 unspecified atom stereocenters. The number of nitrogens with zero attached hydrogens (tertiary/aromatic N) is 1. The van der Waals surface area contributed by atoms with Crippen molar-refractivity contribution in [1.29, 1.82) is 0 Å². The van der Waals surface area contributed by atoms with Crippen LogP contribution in [-0.2, 0) is 22.6 Å². The van der Waals surface area contributed by atoms with E-state index >= 15 is 0 Å². The Kier molecular flexibility index (Phi) is 13.8. The zero-order valence-corrected chi connectivity index (χ0v) is 16.6. The Balaban J connectivity index is 0.00000288. The molecule has 5 nitrogen and oxygen atoms in total. The van der Waals surface area contributed by atoms with Crippen molar-refractivity contribution in [2.45, 2.75) is 32.4 Å². The maximum atomic E-state index is 11.7. The standard InChI is InChI=1S/C18H29N3O2.2ClH/c1-23-12-9-19-14-18(22)20-13-16-5-7-17(8-6-16)15-21-10-3-2-4-11-21;;/h5-8,19H,2-4,9-15H2,1H3,(H,20,22);2*1H. The summed E-state index contributed by atoms with van der Waals surface area (Å²) in [6.07, 6.45) is 4.01. The second kappa shape index (κ2) is 14.3. The summed E-state index contributed by atoms with van der Waals surface area (Å²) < 4.78 is 4.92. The molecule has 2 rings (SSSR count). The maximum Gasteiger partial charge on any atom is 0.234 e. The molecule has 1 aliphatic rings. The highest BCUT2D eigenvalue weighted by atomic mass is 35.5. The summed E-state index contributed by atoms with van der Waals surface area (Å²) in [6.45, 7) is 5.68. The highest BCUT2D eigenvalue weighted by molar-refractivity contribution is 5.85. The number of carbonyl (C=O) groups excluding carboxylic acids is 1. The van der Waals surface area contributed by atoms with Crippen LogP contribution in [0.4, 0.5) is 0 Å². The fraction of sp³-hybridized carbons (Fsp3) is 0.611. The van der Waals surface area contributed by atoms with E-state index in [1.165, 1.54) is 37.9 Å². The third-order valence-corrected chi connectivity index (χ3v) is 4.14. The van der Waals surface area contributed by atoms with Crippen molar-refractivity contribution in [2.24, 2.45) is 0 Å². The van der Waals surface area contributed by atoms with Crippen molar-refractivity contribution in [3.63, 3.8) is 0 Å². The summed E-state index contributed by atoms with van der Waals surface area (Å²) in [6, 6.07) is 8.57. The van der Waals surface area contributed by atoms with Crippen LogP contribution in [0.1, 0.15) is 30.4 Å². The zero-order valence-electron chi connectivity index (χ0n) is 15.0. The first kappa shape index (κ1) is 24.1. The average molecular weight is 392 g/mol. The Labute approximate surface area is 163 Å². The lowest BCUT2D eigenvalue weighted by Crippen LogP contribution is -2.34. The van der Waals surface area contributed by atoms with E-state index in [0.29, 0.717) is 26.2 Å². The lowest BCUT2D eigenvalue weighted by molar-refractivity contribution is -0.120. The number of ether oxygens (including phenoxy) is 1. The number of halogens is 2. The lowest BCUT2D eigenvalue weighted by atomic mass is 10.1. The smallest absolute Gasteiger partial charge is 0.234 e. The molecular weight excluding hydrogens is 361 g/mol. The van der Waals surface area contributed by atoms with Crippen molar-refractivity contribution >= 4 is 30.7 Å². The van der Waals surface area contributed by atoms with Gasteiger partial charge in [-0.05, 0) is 37.1 Å². The fourth-order valence-electron chi connectivity index (χ4n) is 2.78. The van der Waals surface area contributed by atoms with Gasteiger partial charge in [0, 0.05) is 26.7 Å². The molecule has 144 valence electrons. The number of hydrogen-bond donors (Lipinski definition) is 2. The molecule has 1 aromatic rings. The van der Waals surface area contributed by atoms with Gasteiger partial charge in [-0.25, -0.2) is 0 Å². The summed E-state index contributed by atoms with van der Waals surface area (Å²) in [4.78, 5) is 14.2. The van der Waals surface area contributed by atoms with Gasteiger partial charge in [0.05, 0.1) is 13.2 Å². The summed E-state index contributed by atoms with van der Waals surface area (Å²) >= 11 is 0. The minimum absolute atomic E-state index is 0. The van der Waals surface area contributed by atoms with Gasteiger partial charge < -0.3 is 15.4 Å². The topological polar surface area (TPSA) is 53.6 Å². The summed E-state index contributed by atoms with van der Waals surface area (Å²) in [7, 11) is 1.65. The maximum absolute atomic E-state index is 11.7. The second-order valence-corrected chi connectivity index (χ2v) is 6.10. The normalized spacial score (nSPS) is 14.3. The van der Waals surface area contributed by atoms with Crippen molar-refractivity contribution in [1.82, 2.24) is 15.5 Å². The Morgan fingerprint density at radius 3 is 2.36 bits per heavy atom. The predicted octanol–water partition coefficient (Wildman–Crippen LogP) is 2.37. The van der Waals surface area contributed by atoms with Gasteiger partial charge in [0.25, 0.3) is 0 Å². The van der Waals surface area contributed by atoms with E-state index in [1.54, 1.807) is 7.11 Å². The van der Waals surface area contributed by atoms with Gasteiger partial charge in [-0.2, -0.15) is 0 Å². The number of carbonyl (C=O) groups is 1. The van der Waals surface area contributed by atoms with Gasteiger partial charge in [0.15, 0.2) is 0 Å². The molecule has 0 saturated carbocycles. The monoisotopic (exact) mass is 391 g/mol. The second-order valence-electron chi connectivity index (χ2n) is 6.10. The van der Waals surface area contributed by atoms with Crippen LogP contribution in [0.15, 0.2) is 24.3 Å². The Hall–Kier alpha value is -0.850. The van der Waals surface area contributed by atoms with Crippen LogP contribution in [0.3, 0.4) is 0 Å². The van der Waals surface area contributed by atoms with Gasteiger partial charge >= 0.3 is 0 Å². The zero-order chi connectivity index (χ0) is 16.3. The van der Waals surface area contributed by atoms with E-state index in [0.717, 1.165) is 12.1 Å². The van der Waals surface area contributed by atoms with E-state index in [1.807, 2.05) is 0 Å². The minimum Gasteiger partial charge on any atom is -0.383 e. The third-order valence-electron chi connectivity index (χ3n) is 4.14. The molecule has 1 amide bonds. The van der Waals surface area contributed by atoms with Gasteiger partial charge in [0.1, 0.15) is 0 Å². The molecule has 0 bridgehead atoms. The van der Waals surface area contributed by atoms with E-state index in [2.05, 4.69) is 39.8 Å².